The van der Waals surface area contributed by atoms with Gasteiger partial charge < -0.3 is 10.2 Å². The zero-order valence-corrected chi connectivity index (χ0v) is 10.5. The molecule has 0 aliphatic carbocycles. The standard InChI is InChI=1S/C12H10BrN3O/c13-11-4-3-10(17-11)12-15-7-9-8(6-14)2-1-5-16(9)12/h1-5,7H,6,14H2. The maximum absolute atomic E-state index is 5.70. The normalized spacial score (nSPS) is 11.2. The maximum Gasteiger partial charge on any atom is 0.180 e. The van der Waals surface area contributed by atoms with E-state index in [4.69, 9.17) is 10.2 Å². The van der Waals surface area contributed by atoms with E-state index in [1.165, 1.54) is 0 Å². The average molecular weight is 292 g/mol. The first-order chi connectivity index (χ1) is 8.29. The Labute approximate surface area is 106 Å². The number of pyridine rings is 1. The highest BCUT2D eigenvalue weighted by atomic mass is 79.9. The number of fused-ring (bicyclic) bond motifs is 1. The van der Waals surface area contributed by atoms with Crippen LogP contribution in [0.5, 0.6) is 0 Å². The Morgan fingerprint density at radius 3 is 2.94 bits per heavy atom. The molecule has 3 rings (SSSR count). The molecule has 0 saturated heterocycles. The second-order valence-corrected chi connectivity index (χ2v) is 4.46. The number of rotatable bonds is 2. The minimum Gasteiger partial charge on any atom is -0.446 e. The monoisotopic (exact) mass is 291 g/mol. The largest absolute Gasteiger partial charge is 0.446 e. The molecule has 0 radical (unpaired) electrons. The molecule has 0 aliphatic heterocycles. The van der Waals surface area contributed by atoms with Crippen molar-refractivity contribution in [2.24, 2.45) is 5.73 Å². The van der Waals surface area contributed by atoms with Crippen LogP contribution in [0, 0.1) is 0 Å². The van der Waals surface area contributed by atoms with Crippen molar-refractivity contribution in [3.63, 3.8) is 0 Å². The van der Waals surface area contributed by atoms with Gasteiger partial charge in [0.15, 0.2) is 16.3 Å². The summed E-state index contributed by atoms with van der Waals surface area (Å²) in [5.41, 5.74) is 7.77. The van der Waals surface area contributed by atoms with E-state index in [2.05, 4.69) is 20.9 Å². The van der Waals surface area contributed by atoms with E-state index in [1.54, 1.807) is 0 Å². The number of hydrogen-bond donors (Lipinski definition) is 1. The minimum atomic E-state index is 0.497. The Balaban J connectivity index is 2.25. The molecular weight excluding hydrogens is 282 g/mol. The van der Waals surface area contributed by atoms with E-state index in [9.17, 15) is 0 Å². The van der Waals surface area contributed by atoms with E-state index >= 15 is 0 Å². The third kappa shape index (κ3) is 1.67. The topological polar surface area (TPSA) is 56.5 Å². The van der Waals surface area contributed by atoms with Crippen LogP contribution in [-0.2, 0) is 6.54 Å². The van der Waals surface area contributed by atoms with Crippen molar-refractivity contribution in [1.29, 1.82) is 0 Å². The number of imidazole rings is 1. The van der Waals surface area contributed by atoms with Crippen LogP contribution in [0.3, 0.4) is 0 Å². The fourth-order valence-electron chi connectivity index (χ4n) is 1.87. The average Bonchev–Trinajstić information content (AvgIpc) is 2.94. The molecule has 5 heteroatoms. The lowest BCUT2D eigenvalue weighted by atomic mass is 10.2. The van der Waals surface area contributed by atoms with Gasteiger partial charge in [-0.05, 0) is 39.7 Å². The first kappa shape index (κ1) is 10.6. The highest BCUT2D eigenvalue weighted by molar-refractivity contribution is 9.10. The van der Waals surface area contributed by atoms with Crippen LogP contribution in [0.15, 0.2) is 45.7 Å². The van der Waals surface area contributed by atoms with E-state index < -0.39 is 0 Å². The number of aromatic nitrogens is 2. The molecule has 86 valence electrons. The molecule has 3 aromatic rings. The summed E-state index contributed by atoms with van der Waals surface area (Å²) < 4.78 is 8.18. The number of hydrogen-bond acceptors (Lipinski definition) is 3. The van der Waals surface area contributed by atoms with E-state index in [0.717, 1.165) is 22.7 Å². The van der Waals surface area contributed by atoms with Gasteiger partial charge in [-0.25, -0.2) is 4.98 Å². The molecule has 4 nitrogen and oxygen atoms in total. The summed E-state index contributed by atoms with van der Waals surface area (Å²) in [4.78, 5) is 4.38. The van der Waals surface area contributed by atoms with Crippen molar-refractivity contribution in [3.8, 4) is 11.6 Å². The zero-order chi connectivity index (χ0) is 11.8. The van der Waals surface area contributed by atoms with Crippen LogP contribution in [-0.4, -0.2) is 9.38 Å². The molecule has 0 spiro atoms. The van der Waals surface area contributed by atoms with Gasteiger partial charge in [-0.1, -0.05) is 6.07 Å². The van der Waals surface area contributed by atoms with Crippen LogP contribution < -0.4 is 5.73 Å². The molecule has 3 aromatic heterocycles. The number of nitrogens with zero attached hydrogens (tertiary/aromatic N) is 2. The highest BCUT2D eigenvalue weighted by Crippen LogP contribution is 2.25. The molecular formula is C12H10BrN3O. The van der Waals surface area contributed by atoms with Gasteiger partial charge in [0.1, 0.15) is 0 Å². The first-order valence-electron chi connectivity index (χ1n) is 5.20. The fourth-order valence-corrected chi connectivity index (χ4v) is 2.18. The summed E-state index contributed by atoms with van der Waals surface area (Å²) in [6, 6.07) is 7.69. The molecule has 0 saturated carbocycles. The summed E-state index contributed by atoms with van der Waals surface area (Å²) in [7, 11) is 0. The van der Waals surface area contributed by atoms with Crippen LogP contribution in [0.2, 0.25) is 0 Å². The van der Waals surface area contributed by atoms with Gasteiger partial charge in [0.05, 0.1) is 11.7 Å². The predicted octanol–water partition coefficient (Wildman–Crippen LogP) is 2.82. The molecule has 0 aromatic carbocycles. The molecule has 0 unspecified atom stereocenters. The van der Waals surface area contributed by atoms with Gasteiger partial charge in [-0.3, -0.25) is 4.40 Å². The van der Waals surface area contributed by atoms with E-state index in [1.807, 2.05) is 41.1 Å². The van der Waals surface area contributed by atoms with Crippen LogP contribution in [0.4, 0.5) is 0 Å². The lowest BCUT2D eigenvalue weighted by Gasteiger charge is -2.02. The minimum absolute atomic E-state index is 0.497. The summed E-state index contributed by atoms with van der Waals surface area (Å²) in [5, 5.41) is 0. The Bertz CT molecular complexity index is 671. The molecule has 0 amide bonds. The lowest BCUT2D eigenvalue weighted by Crippen LogP contribution is -1.99. The highest BCUT2D eigenvalue weighted by Gasteiger charge is 2.11. The second kappa shape index (κ2) is 4.01. The Morgan fingerprint density at radius 2 is 2.24 bits per heavy atom. The van der Waals surface area contributed by atoms with Gasteiger partial charge >= 0.3 is 0 Å². The number of furan rings is 1. The molecule has 0 fully saturated rings. The van der Waals surface area contributed by atoms with Crippen molar-refractivity contribution < 1.29 is 4.42 Å². The van der Waals surface area contributed by atoms with Crippen LogP contribution >= 0.6 is 15.9 Å². The number of halogens is 1. The first-order valence-corrected chi connectivity index (χ1v) is 5.99. The van der Waals surface area contributed by atoms with Gasteiger partial charge in [0.25, 0.3) is 0 Å². The Kier molecular flexibility index (Phi) is 2.49. The summed E-state index contributed by atoms with van der Waals surface area (Å²) in [6.07, 6.45) is 3.77. The van der Waals surface area contributed by atoms with Crippen LogP contribution in [0.1, 0.15) is 5.56 Å². The molecule has 0 bridgehead atoms. The van der Waals surface area contributed by atoms with Crippen molar-refractivity contribution in [3.05, 3.63) is 46.9 Å². The molecule has 3 heterocycles. The summed E-state index contributed by atoms with van der Waals surface area (Å²) >= 11 is 3.29. The zero-order valence-electron chi connectivity index (χ0n) is 8.93. The van der Waals surface area contributed by atoms with Crippen molar-refractivity contribution >= 4 is 21.4 Å². The fraction of sp³-hybridized carbons (Fsp3) is 0.0833. The SMILES string of the molecule is NCc1cccn2c(-c3ccc(Br)o3)ncc12. The second-order valence-electron chi connectivity index (χ2n) is 3.68. The molecule has 0 aliphatic rings. The molecule has 0 atom stereocenters. The van der Waals surface area contributed by atoms with Crippen molar-refractivity contribution in [2.45, 2.75) is 6.54 Å². The summed E-state index contributed by atoms with van der Waals surface area (Å²) in [6.45, 7) is 0.497. The summed E-state index contributed by atoms with van der Waals surface area (Å²) in [5.74, 6) is 1.51. The van der Waals surface area contributed by atoms with Gasteiger partial charge in [-0.15, -0.1) is 0 Å². The lowest BCUT2D eigenvalue weighted by molar-refractivity contribution is 0.551. The third-order valence-corrected chi connectivity index (χ3v) is 3.10. The third-order valence-electron chi connectivity index (χ3n) is 2.67. The molecule has 17 heavy (non-hydrogen) atoms. The maximum atomic E-state index is 5.70. The number of nitrogens with two attached hydrogens (primary N) is 1. The predicted molar refractivity (Wildman–Crippen MR) is 68.5 cm³/mol. The van der Waals surface area contributed by atoms with Gasteiger partial charge in [0.2, 0.25) is 0 Å². The van der Waals surface area contributed by atoms with Crippen molar-refractivity contribution in [2.75, 3.05) is 0 Å². The Hall–Kier alpha value is -1.59. The Morgan fingerprint density at radius 1 is 1.35 bits per heavy atom. The van der Waals surface area contributed by atoms with Crippen LogP contribution in [0.25, 0.3) is 17.1 Å². The van der Waals surface area contributed by atoms with E-state index in [-0.39, 0.29) is 0 Å². The van der Waals surface area contributed by atoms with Gasteiger partial charge in [0, 0.05) is 12.7 Å². The quantitative estimate of drug-likeness (QED) is 0.790. The van der Waals surface area contributed by atoms with Crippen molar-refractivity contribution in [1.82, 2.24) is 9.38 Å². The van der Waals surface area contributed by atoms with E-state index in [0.29, 0.717) is 11.2 Å². The van der Waals surface area contributed by atoms with Gasteiger partial charge in [-0.2, -0.15) is 0 Å². The molecule has 2 N–H and O–H groups in total. The smallest absolute Gasteiger partial charge is 0.180 e.